The van der Waals surface area contributed by atoms with Gasteiger partial charge in [-0.1, -0.05) is 42.5 Å². The molecular weight excluding hydrogens is 326 g/mol. The summed E-state index contributed by atoms with van der Waals surface area (Å²) in [7, 11) is 0. The lowest BCUT2D eigenvalue weighted by Gasteiger charge is -2.10. The third-order valence-electron chi connectivity index (χ3n) is 4.28. The molecule has 0 amide bonds. The molecule has 0 aliphatic carbocycles. The minimum atomic E-state index is 0.528. The van der Waals surface area contributed by atoms with Crippen molar-refractivity contribution in [3.05, 3.63) is 78.8 Å². The predicted molar refractivity (Wildman–Crippen MR) is 99.8 cm³/mol. The average molecular weight is 341 g/mol. The van der Waals surface area contributed by atoms with Gasteiger partial charge in [0.1, 0.15) is 5.76 Å². The topological polar surface area (TPSA) is 68.2 Å². The van der Waals surface area contributed by atoms with Gasteiger partial charge in [0.25, 0.3) is 0 Å². The first-order valence-corrected chi connectivity index (χ1v) is 8.36. The Bertz CT molecular complexity index is 1180. The van der Waals surface area contributed by atoms with Gasteiger partial charge in [-0.25, -0.2) is 9.38 Å². The van der Waals surface area contributed by atoms with Crippen LogP contribution in [0.25, 0.3) is 27.9 Å². The zero-order valence-electron chi connectivity index (χ0n) is 13.8. The summed E-state index contributed by atoms with van der Waals surface area (Å²) >= 11 is 0. The molecule has 6 heteroatoms. The Morgan fingerprint density at radius 3 is 2.58 bits per heavy atom. The van der Waals surface area contributed by atoms with Crippen LogP contribution in [-0.2, 0) is 6.54 Å². The van der Waals surface area contributed by atoms with E-state index in [0.717, 1.165) is 33.7 Å². The summed E-state index contributed by atoms with van der Waals surface area (Å²) in [4.78, 5) is 4.79. The van der Waals surface area contributed by atoms with Crippen LogP contribution in [0.1, 0.15) is 5.76 Å². The maximum Gasteiger partial charge on any atom is 0.211 e. The van der Waals surface area contributed by atoms with Crippen molar-refractivity contribution in [1.29, 1.82) is 0 Å². The van der Waals surface area contributed by atoms with E-state index in [1.807, 2.05) is 71.1 Å². The maximum absolute atomic E-state index is 5.42. The number of furan rings is 1. The minimum absolute atomic E-state index is 0.528. The van der Waals surface area contributed by atoms with E-state index in [-0.39, 0.29) is 0 Å². The Hall–Kier alpha value is -3.67. The van der Waals surface area contributed by atoms with Gasteiger partial charge in [-0.2, -0.15) is 0 Å². The number of fused-ring (bicyclic) bond motifs is 3. The highest BCUT2D eigenvalue weighted by molar-refractivity contribution is 5.93. The fourth-order valence-electron chi connectivity index (χ4n) is 3.06. The summed E-state index contributed by atoms with van der Waals surface area (Å²) in [6.07, 6.45) is 1.66. The molecule has 0 unspecified atom stereocenters. The molecule has 3 aromatic heterocycles. The number of nitrogens with one attached hydrogen (secondary N) is 1. The summed E-state index contributed by atoms with van der Waals surface area (Å²) in [6.45, 7) is 0.528. The van der Waals surface area contributed by atoms with E-state index in [9.17, 15) is 0 Å². The van der Waals surface area contributed by atoms with E-state index in [2.05, 4.69) is 15.5 Å². The molecule has 0 fully saturated rings. The highest BCUT2D eigenvalue weighted by Gasteiger charge is 2.16. The molecule has 5 rings (SSSR count). The molecule has 3 heterocycles. The van der Waals surface area contributed by atoms with Gasteiger partial charge in [-0.3, -0.25) is 0 Å². The molecule has 2 aromatic carbocycles. The first-order valence-electron chi connectivity index (χ1n) is 8.36. The molecule has 0 spiro atoms. The van der Waals surface area contributed by atoms with Crippen molar-refractivity contribution in [3.8, 4) is 11.4 Å². The number of aromatic nitrogens is 4. The molecule has 6 nitrogen and oxygen atoms in total. The molecule has 0 saturated carbocycles. The Morgan fingerprint density at radius 2 is 1.73 bits per heavy atom. The van der Waals surface area contributed by atoms with Crippen molar-refractivity contribution >= 4 is 22.5 Å². The van der Waals surface area contributed by atoms with Crippen LogP contribution in [0.4, 0.5) is 5.95 Å². The lowest BCUT2D eigenvalue weighted by Crippen LogP contribution is -2.07. The van der Waals surface area contributed by atoms with Crippen LogP contribution in [0.5, 0.6) is 0 Å². The largest absolute Gasteiger partial charge is 0.467 e. The number of hydrogen-bond acceptors (Lipinski definition) is 5. The van der Waals surface area contributed by atoms with E-state index in [1.54, 1.807) is 6.26 Å². The van der Waals surface area contributed by atoms with Crippen molar-refractivity contribution in [2.75, 3.05) is 5.32 Å². The number of benzene rings is 2. The second kappa shape index (κ2) is 6.00. The summed E-state index contributed by atoms with van der Waals surface area (Å²) in [5.41, 5.74) is 2.63. The SMILES string of the molecule is c1ccc(-c2nnc3c4ccccc4nc(NCc4ccco4)n23)cc1. The molecule has 5 aromatic rings. The monoisotopic (exact) mass is 341 g/mol. The Morgan fingerprint density at radius 1 is 0.885 bits per heavy atom. The van der Waals surface area contributed by atoms with E-state index < -0.39 is 0 Å². The normalized spacial score (nSPS) is 11.2. The van der Waals surface area contributed by atoms with E-state index in [4.69, 9.17) is 9.40 Å². The second-order valence-corrected chi connectivity index (χ2v) is 5.93. The van der Waals surface area contributed by atoms with E-state index in [0.29, 0.717) is 12.5 Å². The van der Waals surface area contributed by atoms with Crippen molar-refractivity contribution < 1.29 is 4.42 Å². The molecule has 26 heavy (non-hydrogen) atoms. The zero-order valence-corrected chi connectivity index (χ0v) is 13.8. The van der Waals surface area contributed by atoms with Gasteiger partial charge in [0, 0.05) is 10.9 Å². The molecule has 126 valence electrons. The van der Waals surface area contributed by atoms with Crippen LogP contribution in [0.3, 0.4) is 0 Å². The summed E-state index contributed by atoms with van der Waals surface area (Å²) < 4.78 is 7.38. The van der Waals surface area contributed by atoms with E-state index >= 15 is 0 Å². The van der Waals surface area contributed by atoms with Crippen LogP contribution in [-0.4, -0.2) is 19.6 Å². The highest BCUT2D eigenvalue weighted by Crippen LogP contribution is 2.26. The molecule has 0 bridgehead atoms. The third-order valence-corrected chi connectivity index (χ3v) is 4.28. The molecule has 0 saturated heterocycles. The number of hydrogen-bond donors (Lipinski definition) is 1. The van der Waals surface area contributed by atoms with Gasteiger partial charge in [0.15, 0.2) is 11.5 Å². The van der Waals surface area contributed by atoms with Crippen molar-refractivity contribution in [2.45, 2.75) is 6.54 Å². The molecule has 0 aliphatic rings. The summed E-state index contributed by atoms with van der Waals surface area (Å²) in [6, 6.07) is 21.7. The fraction of sp³-hybridized carbons (Fsp3) is 0.0500. The van der Waals surface area contributed by atoms with Gasteiger partial charge >= 0.3 is 0 Å². The fourth-order valence-corrected chi connectivity index (χ4v) is 3.06. The second-order valence-electron chi connectivity index (χ2n) is 5.93. The van der Waals surface area contributed by atoms with Gasteiger partial charge < -0.3 is 9.73 Å². The number of rotatable bonds is 4. The third kappa shape index (κ3) is 2.39. The minimum Gasteiger partial charge on any atom is -0.467 e. The first kappa shape index (κ1) is 14.7. The summed E-state index contributed by atoms with van der Waals surface area (Å²) in [5, 5.41) is 13.2. The molecule has 1 N–H and O–H groups in total. The first-order chi connectivity index (χ1) is 12.9. The van der Waals surface area contributed by atoms with Crippen molar-refractivity contribution in [1.82, 2.24) is 19.6 Å². The lowest BCUT2D eigenvalue weighted by molar-refractivity contribution is 0.517. The van der Waals surface area contributed by atoms with Gasteiger partial charge in [-0.15, -0.1) is 10.2 Å². The summed E-state index contributed by atoms with van der Waals surface area (Å²) in [5.74, 6) is 2.27. The van der Waals surface area contributed by atoms with Crippen LogP contribution >= 0.6 is 0 Å². The van der Waals surface area contributed by atoms with Gasteiger partial charge in [0.05, 0.1) is 18.3 Å². The van der Waals surface area contributed by atoms with Gasteiger partial charge in [0.2, 0.25) is 5.95 Å². The molecule has 0 atom stereocenters. The quantitative estimate of drug-likeness (QED) is 0.532. The van der Waals surface area contributed by atoms with Crippen LogP contribution in [0.15, 0.2) is 77.4 Å². The predicted octanol–water partition coefficient (Wildman–Crippen LogP) is 4.15. The highest BCUT2D eigenvalue weighted by atomic mass is 16.3. The van der Waals surface area contributed by atoms with Crippen LogP contribution < -0.4 is 5.32 Å². The zero-order chi connectivity index (χ0) is 17.3. The molecule has 0 aliphatic heterocycles. The average Bonchev–Trinajstić information content (AvgIpc) is 3.37. The number of anilines is 1. The number of para-hydroxylation sites is 1. The maximum atomic E-state index is 5.42. The lowest BCUT2D eigenvalue weighted by atomic mass is 10.2. The van der Waals surface area contributed by atoms with Crippen molar-refractivity contribution in [2.24, 2.45) is 0 Å². The van der Waals surface area contributed by atoms with E-state index in [1.165, 1.54) is 0 Å². The van der Waals surface area contributed by atoms with Crippen LogP contribution in [0.2, 0.25) is 0 Å². The smallest absolute Gasteiger partial charge is 0.211 e. The number of nitrogens with zero attached hydrogens (tertiary/aromatic N) is 4. The van der Waals surface area contributed by atoms with Gasteiger partial charge in [-0.05, 0) is 24.3 Å². The Balaban J connectivity index is 1.73. The standard InChI is InChI=1S/C20H15N5O/c1-2-7-14(8-3-1)18-23-24-19-16-10-4-5-11-17(16)22-20(25(18)19)21-13-15-9-6-12-26-15/h1-12H,13H2,(H,21,22). The van der Waals surface area contributed by atoms with Crippen LogP contribution in [0, 0.1) is 0 Å². The molecule has 0 radical (unpaired) electrons. The van der Waals surface area contributed by atoms with Crippen molar-refractivity contribution in [3.63, 3.8) is 0 Å². The molecular formula is C20H15N5O. The Labute approximate surface area is 149 Å². The Kier molecular flexibility index (Phi) is 3.38.